The van der Waals surface area contributed by atoms with Gasteiger partial charge in [0.25, 0.3) is 0 Å². The minimum Gasteiger partial charge on any atom is -0.508 e. The monoisotopic (exact) mass is 198 g/mol. The molecule has 0 saturated carbocycles. The second kappa shape index (κ2) is 3.77. The maximum absolute atomic E-state index is 9.23. The normalized spacial score (nSPS) is 10.3. The second-order valence-corrected chi connectivity index (χ2v) is 3.87. The topological polar surface area (TPSA) is 20.2 Å². The van der Waals surface area contributed by atoms with E-state index in [1.807, 2.05) is 12.1 Å². The van der Waals surface area contributed by atoms with Crippen LogP contribution in [0.15, 0.2) is 42.5 Å². The van der Waals surface area contributed by atoms with Gasteiger partial charge in [-0.1, -0.05) is 35.9 Å². The molecule has 0 atom stereocenters. The Hall–Kier alpha value is -1.76. The number of hydrogen-bond donors (Lipinski definition) is 1. The Morgan fingerprint density at radius 1 is 0.867 bits per heavy atom. The average Bonchev–Trinajstić information content (AvgIpc) is 2.23. The van der Waals surface area contributed by atoms with E-state index in [9.17, 15) is 5.11 Å². The van der Waals surface area contributed by atoms with Crippen LogP contribution in [0.25, 0.3) is 11.1 Å². The van der Waals surface area contributed by atoms with Gasteiger partial charge in [0.1, 0.15) is 5.75 Å². The van der Waals surface area contributed by atoms with Crippen LogP contribution in [0.3, 0.4) is 0 Å². The van der Waals surface area contributed by atoms with E-state index < -0.39 is 0 Å². The molecule has 0 aliphatic carbocycles. The van der Waals surface area contributed by atoms with E-state index in [4.69, 9.17) is 0 Å². The third-order valence-corrected chi connectivity index (χ3v) is 2.57. The molecule has 0 radical (unpaired) electrons. The minimum absolute atomic E-state index is 0.309. The van der Waals surface area contributed by atoms with Crippen molar-refractivity contribution in [3.8, 4) is 16.9 Å². The van der Waals surface area contributed by atoms with Crippen LogP contribution in [-0.2, 0) is 0 Å². The molecule has 0 unspecified atom stereocenters. The molecular formula is C14H14O. The van der Waals surface area contributed by atoms with Crippen molar-refractivity contribution in [3.05, 3.63) is 53.6 Å². The summed E-state index contributed by atoms with van der Waals surface area (Å²) >= 11 is 0. The van der Waals surface area contributed by atoms with E-state index in [2.05, 4.69) is 32.0 Å². The van der Waals surface area contributed by atoms with Crippen molar-refractivity contribution in [1.82, 2.24) is 0 Å². The van der Waals surface area contributed by atoms with Gasteiger partial charge in [-0.2, -0.15) is 0 Å². The van der Waals surface area contributed by atoms with Crippen molar-refractivity contribution >= 4 is 0 Å². The van der Waals surface area contributed by atoms with Gasteiger partial charge in [-0.3, -0.25) is 0 Å². The molecule has 1 nitrogen and oxygen atoms in total. The van der Waals surface area contributed by atoms with Crippen LogP contribution in [0.5, 0.6) is 5.75 Å². The molecule has 1 N–H and O–H groups in total. The summed E-state index contributed by atoms with van der Waals surface area (Å²) in [6, 6.07) is 13.7. The molecule has 1 heteroatoms. The van der Waals surface area contributed by atoms with Crippen LogP contribution in [0.1, 0.15) is 11.1 Å². The molecule has 2 aromatic carbocycles. The highest BCUT2D eigenvalue weighted by Crippen LogP contribution is 2.25. The Labute approximate surface area is 90.0 Å². The lowest BCUT2D eigenvalue weighted by Crippen LogP contribution is -1.84. The third kappa shape index (κ3) is 2.01. The van der Waals surface area contributed by atoms with Gasteiger partial charge in [0, 0.05) is 0 Å². The zero-order valence-corrected chi connectivity index (χ0v) is 8.99. The number of aromatic hydroxyl groups is 1. The highest BCUT2D eigenvalue weighted by molar-refractivity contribution is 5.68. The van der Waals surface area contributed by atoms with E-state index in [0.29, 0.717) is 5.75 Å². The van der Waals surface area contributed by atoms with E-state index in [1.165, 1.54) is 16.7 Å². The predicted octanol–water partition coefficient (Wildman–Crippen LogP) is 3.68. The van der Waals surface area contributed by atoms with Gasteiger partial charge in [-0.25, -0.2) is 0 Å². The smallest absolute Gasteiger partial charge is 0.115 e. The number of aryl methyl sites for hydroxylation is 2. The molecule has 0 aliphatic heterocycles. The Kier molecular flexibility index (Phi) is 2.46. The van der Waals surface area contributed by atoms with Gasteiger partial charge < -0.3 is 5.11 Å². The molecule has 0 spiro atoms. The van der Waals surface area contributed by atoms with E-state index in [-0.39, 0.29) is 0 Å². The van der Waals surface area contributed by atoms with Crippen LogP contribution in [0, 0.1) is 13.8 Å². The highest BCUT2D eigenvalue weighted by atomic mass is 16.3. The quantitative estimate of drug-likeness (QED) is 0.741. The first-order valence-electron chi connectivity index (χ1n) is 5.03. The number of phenols is 1. The Bertz CT molecular complexity index is 469. The zero-order valence-electron chi connectivity index (χ0n) is 8.99. The van der Waals surface area contributed by atoms with Gasteiger partial charge in [-0.05, 0) is 42.7 Å². The number of phenolic OH excluding ortho intramolecular Hbond substituents is 1. The van der Waals surface area contributed by atoms with Crippen molar-refractivity contribution in [2.24, 2.45) is 0 Å². The minimum atomic E-state index is 0.309. The van der Waals surface area contributed by atoms with Crippen LogP contribution < -0.4 is 0 Å². The second-order valence-electron chi connectivity index (χ2n) is 3.87. The summed E-state index contributed by atoms with van der Waals surface area (Å²) in [6.45, 7) is 4.19. The molecule has 0 saturated heterocycles. The van der Waals surface area contributed by atoms with Crippen LogP contribution in [-0.4, -0.2) is 5.11 Å². The van der Waals surface area contributed by atoms with Crippen molar-refractivity contribution in [1.29, 1.82) is 0 Å². The average molecular weight is 198 g/mol. The maximum Gasteiger partial charge on any atom is 0.115 e. The zero-order chi connectivity index (χ0) is 10.8. The Morgan fingerprint density at radius 3 is 2.20 bits per heavy atom. The molecule has 0 aromatic heterocycles. The summed E-state index contributed by atoms with van der Waals surface area (Å²) in [7, 11) is 0. The van der Waals surface area contributed by atoms with Crippen molar-refractivity contribution in [2.75, 3.05) is 0 Å². The Morgan fingerprint density at radius 2 is 1.53 bits per heavy atom. The lowest BCUT2D eigenvalue weighted by Gasteiger charge is -2.07. The first-order chi connectivity index (χ1) is 7.16. The Balaban J connectivity index is 2.53. The van der Waals surface area contributed by atoms with E-state index in [0.717, 1.165) is 5.56 Å². The molecule has 2 rings (SSSR count). The van der Waals surface area contributed by atoms with Crippen LogP contribution in [0.2, 0.25) is 0 Å². The van der Waals surface area contributed by atoms with E-state index in [1.54, 1.807) is 12.1 Å². The maximum atomic E-state index is 9.23. The largest absolute Gasteiger partial charge is 0.508 e. The van der Waals surface area contributed by atoms with Gasteiger partial charge in [-0.15, -0.1) is 0 Å². The third-order valence-electron chi connectivity index (χ3n) is 2.57. The first-order valence-corrected chi connectivity index (χ1v) is 5.03. The first kappa shape index (κ1) is 9.78. The SMILES string of the molecule is Cc1ccc(C)c(-c2ccc(O)cc2)c1. The summed E-state index contributed by atoms with van der Waals surface area (Å²) in [6.07, 6.45) is 0. The lowest BCUT2D eigenvalue weighted by molar-refractivity contribution is 0.475. The molecule has 15 heavy (non-hydrogen) atoms. The molecule has 0 heterocycles. The molecule has 0 aliphatic rings. The standard InChI is InChI=1S/C14H14O/c1-10-3-4-11(2)14(9-10)12-5-7-13(15)8-6-12/h3-9,15H,1-2H3. The van der Waals surface area contributed by atoms with Crippen LogP contribution in [0.4, 0.5) is 0 Å². The molecular weight excluding hydrogens is 184 g/mol. The fraction of sp³-hybridized carbons (Fsp3) is 0.143. The molecule has 0 amide bonds. The summed E-state index contributed by atoms with van der Waals surface area (Å²) in [5.74, 6) is 0.309. The highest BCUT2D eigenvalue weighted by Gasteiger charge is 2.01. The van der Waals surface area contributed by atoms with Crippen molar-refractivity contribution in [3.63, 3.8) is 0 Å². The van der Waals surface area contributed by atoms with Gasteiger partial charge >= 0.3 is 0 Å². The molecule has 76 valence electrons. The summed E-state index contributed by atoms with van der Waals surface area (Å²) in [5, 5.41) is 9.23. The fourth-order valence-electron chi connectivity index (χ4n) is 1.69. The molecule has 0 bridgehead atoms. The molecule has 2 aromatic rings. The van der Waals surface area contributed by atoms with Gasteiger partial charge in [0.2, 0.25) is 0 Å². The number of rotatable bonds is 1. The van der Waals surface area contributed by atoms with E-state index >= 15 is 0 Å². The summed E-state index contributed by atoms with van der Waals surface area (Å²) in [5.41, 5.74) is 4.89. The fourth-order valence-corrected chi connectivity index (χ4v) is 1.69. The molecule has 0 fully saturated rings. The van der Waals surface area contributed by atoms with Gasteiger partial charge in [0.05, 0.1) is 0 Å². The van der Waals surface area contributed by atoms with Crippen LogP contribution >= 0.6 is 0 Å². The lowest BCUT2D eigenvalue weighted by atomic mass is 9.98. The number of benzene rings is 2. The van der Waals surface area contributed by atoms with Crippen molar-refractivity contribution < 1.29 is 5.11 Å². The summed E-state index contributed by atoms with van der Waals surface area (Å²) in [4.78, 5) is 0. The van der Waals surface area contributed by atoms with Gasteiger partial charge in [0.15, 0.2) is 0 Å². The number of hydrogen-bond acceptors (Lipinski definition) is 1. The predicted molar refractivity (Wildman–Crippen MR) is 63.0 cm³/mol. The summed E-state index contributed by atoms with van der Waals surface area (Å²) < 4.78 is 0. The van der Waals surface area contributed by atoms with Crippen molar-refractivity contribution in [2.45, 2.75) is 13.8 Å².